The quantitative estimate of drug-likeness (QED) is 0.495. The summed E-state index contributed by atoms with van der Waals surface area (Å²) in [4.78, 5) is 23.9. The number of carboxylic acids is 1. The van der Waals surface area contributed by atoms with Crippen LogP contribution in [0.1, 0.15) is 21.5 Å². The Morgan fingerprint density at radius 1 is 1.00 bits per heavy atom. The van der Waals surface area contributed by atoms with E-state index in [9.17, 15) is 14.7 Å². The predicted octanol–water partition coefficient (Wildman–Crippen LogP) is 4.78. The molecule has 0 aliphatic carbocycles. The maximum atomic E-state index is 12.3. The number of hydrogen-bond acceptors (Lipinski definition) is 4. The van der Waals surface area contributed by atoms with Gasteiger partial charge in [-0.1, -0.05) is 54.1 Å². The van der Waals surface area contributed by atoms with E-state index in [-0.39, 0.29) is 12.3 Å². The fraction of sp³-hybridized carbons (Fsp3) is 0.0833. The number of carboxylic acid groups (broad SMARTS) is 1. The molecule has 0 fully saturated rings. The summed E-state index contributed by atoms with van der Waals surface area (Å²) in [7, 11) is 1.49. The van der Waals surface area contributed by atoms with E-state index < -0.39 is 11.9 Å². The second-order valence-electron chi connectivity index (χ2n) is 6.47. The minimum absolute atomic E-state index is 0.249. The SMILES string of the molecule is COc1cc(/C=C(/NC(=O)c2ccccc2)C(=O)O)ccc1OCc1ccccc1Cl. The van der Waals surface area contributed by atoms with E-state index in [1.54, 1.807) is 54.6 Å². The number of amides is 1. The van der Waals surface area contributed by atoms with Crippen LogP contribution in [0.5, 0.6) is 11.5 Å². The average molecular weight is 438 g/mol. The summed E-state index contributed by atoms with van der Waals surface area (Å²) in [5, 5.41) is 12.5. The molecule has 2 N–H and O–H groups in total. The van der Waals surface area contributed by atoms with E-state index in [1.807, 2.05) is 18.2 Å². The highest BCUT2D eigenvalue weighted by Gasteiger charge is 2.14. The lowest BCUT2D eigenvalue weighted by Gasteiger charge is -2.12. The summed E-state index contributed by atoms with van der Waals surface area (Å²) in [6.07, 6.45) is 1.35. The molecule has 3 rings (SSSR count). The number of hydrogen-bond donors (Lipinski definition) is 2. The molecule has 0 aliphatic heterocycles. The van der Waals surface area contributed by atoms with Crippen molar-refractivity contribution >= 4 is 29.6 Å². The van der Waals surface area contributed by atoms with Crippen LogP contribution in [0.2, 0.25) is 5.02 Å². The van der Waals surface area contributed by atoms with Gasteiger partial charge in [-0.05, 0) is 42.0 Å². The Hall–Kier alpha value is -3.77. The predicted molar refractivity (Wildman–Crippen MR) is 118 cm³/mol. The summed E-state index contributed by atoms with van der Waals surface area (Å²) in [5.41, 5.74) is 1.44. The third kappa shape index (κ3) is 5.87. The zero-order chi connectivity index (χ0) is 22.2. The van der Waals surface area contributed by atoms with Crippen molar-refractivity contribution in [1.82, 2.24) is 5.32 Å². The Morgan fingerprint density at radius 3 is 2.39 bits per heavy atom. The Balaban J connectivity index is 1.79. The van der Waals surface area contributed by atoms with E-state index in [4.69, 9.17) is 21.1 Å². The summed E-state index contributed by atoms with van der Waals surface area (Å²) in [6, 6.07) is 20.7. The Bertz CT molecular complexity index is 1110. The molecule has 1 amide bonds. The molecule has 0 aromatic heterocycles. The number of ether oxygens (including phenoxy) is 2. The molecular formula is C24H20ClNO5. The summed E-state index contributed by atoms with van der Waals surface area (Å²) in [5.74, 6) is -0.882. The van der Waals surface area contributed by atoms with E-state index in [2.05, 4.69) is 5.32 Å². The van der Waals surface area contributed by atoms with Crippen LogP contribution in [-0.2, 0) is 11.4 Å². The molecule has 0 aliphatic rings. The smallest absolute Gasteiger partial charge is 0.352 e. The molecule has 3 aromatic rings. The van der Waals surface area contributed by atoms with Gasteiger partial charge in [-0.25, -0.2) is 4.79 Å². The van der Waals surface area contributed by atoms with E-state index in [0.29, 0.717) is 27.6 Å². The van der Waals surface area contributed by atoms with Gasteiger partial charge < -0.3 is 19.9 Å². The highest BCUT2D eigenvalue weighted by molar-refractivity contribution is 6.31. The van der Waals surface area contributed by atoms with Gasteiger partial charge in [0, 0.05) is 16.1 Å². The molecule has 0 atom stereocenters. The first kappa shape index (κ1) is 21.9. The normalized spacial score (nSPS) is 11.0. The van der Waals surface area contributed by atoms with Crippen LogP contribution in [0, 0.1) is 0 Å². The first-order valence-corrected chi connectivity index (χ1v) is 9.71. The highest BCUT2D eigenvalue weighted by Crippen LogP contribution is 2.30. The standard InChI is InChI=1S/C24H20ClNO5/c1-30-22-14-16(11-12-21(22)31-15-18-9-5-6-10-19(18)25)13-20(24(28)29)26-23(27)17-7-3-2-4-8-17/h2-14H,15H2,1H3,(H,26,27)(H,28,29)/b20-13+. The maximum absolute atomic E-state index is 12.3. The molecular weight excluding hydrogens is 418 g/mol. The minimum atomic E-state index is -1.26. The number of carbonyl (C=O) groups excluding carboxylic acids is 1. The van der Waals surface area contributed by atoms with Crippen molar-refractivity contribution in [2.45, 2.75) is 6.61 Å². The topological polar surface area (TPSA) is 84.9 Å². The zero-order valence-corrected chi connectivity index (χ0v) is 17.4. The second-order valence-corrected chi connectivity index (χ2v) is 6.88. The molecule has 3 aromatic carbocycles. The Kier molecular flexibility index (Phi) is 7.30. The number of carbonyl (C=O) groups is 2. The molecule has 0 saturated carbocycles. The highest BCUT2D eigenvalue weighted by atomic mass is 35.5. The number of rotatable bonds is 8. The fourth-order valence-electron chi connectivity index (χ4n) is 2.77. The summed E-state index contributed by atoms with van der Waals surface area (Å²) < 4.78 is 11.2. The van der Waals surface area contributed by atoms with Crippen molar-refractivity contribution in [3.8, 4) is 11.5 Å². The number of halogens is 1. The number of methoxy groups -OCH3 is 1. The molecule has 0 bridgehead atoms. The molecule has 0 spiro atoms. The first-order valence-electron chi connectivity index (χ1n) is 9.33. The van der Waals surface area contributed by atoms with Gasteiger partial charge >= 0.3 is 5.97 Å². The van der Waals surface area contributed by atoms with Crippen molar-refractivity contribution in [3.05, 3.63) is 100 Å². The second kappa shape index (κ2) is 10.3. The van der Waals surface area contributed by atoms with Crippen LogP contribution < -0.4 is 14.8 Å². The lowest BCUT2D eigenvalue weighted by molar-refractivity contribution is -0.132. The molecule has 0 saturated heterocycles. The molecule has 0 unspecified atom stereocenters. The Labute approximate surface area is 184 Å². The van der Waals surface area contributed by atoms with Crippen molar-refractivity contribution in [1.29, 1.82) is 0 Å². The van der Waals surface area contributed by atoms with Crippen molar-refractivity contribution < 1.29 is 24.2 Å². The number of benzene rings is 3. The van der Waals surface area contributed by atoms with Gasteiger partial charge in [0.05, 0.1) is 7.11 Å². The van der Waals surface area contributed by atoms with Crippen LogP contribution in [0.4, 0.5) is 0 Å². The fourth-order valence-corrected chi connectivity index (χ4v) is 2.96. The first-order chi connectivity index (χ1) is 15.0. The lowest BCUT2D eigenvalue weighted by atomic mass is 10.1. The van der Waals surface area contributed by atoms with Gasteiger partial charge in [-0.2, -0.15) is 0 Å². The van der Waals surface area contributed by atoms with Gasteiger partial charge in [0.2, 0.25) is 0 Å². The van der Waals surface area contributed by atoms with Crippen LogP contribution in [0.25, 0.3) is 6.08 Å². The van der Waals surface area contributed by atoms with Crippen LogP contribution >= 0.6 is 11.6 Å². The average Bonchev–Trinajstić information content (AvgIpc) is 2.79. The number of aliphatic carboxylic acids is 1. The van der Waals surface area contributed by atoms with Crippen LogP contribution in [-0.4, -0.2) is 24.1 Å². The largest absolute Gasteiger partial charge is 0.493 e. The molecule has 158 valence electrons. The van der Waals surface area contributed by atoms with Gasteiger partial charge in [-0.15, -0.1) is 0 Å². The molecule has 6 nitrogen and oxygen atoms in total. The van der Waals surface area contributed by atoms with Gasteiger partial charge in [0.15, 0.2) is 11.5 Å². The van der Waals surface area contributed by atoms with Crippen LogP contribution in [0.15, 0.2) is 78.5 Å². The number of nitrogens with one attached hydrogen (secondary N) is 1. The molecule has 7 heteroatoms. The van der Waals surface area contributed by atoms with Crippen LogP contribution in [0.3, 0.4) is 0 Å². The third-order valence-corrected chi connectivity index (χ3v) is 4.72. The summed E-state index contributed by atoms with van der Waals surface area (Å²) >= 11 is 6.15. The van der Waals surface area contributed by atoms with E-state index in [1.165, 1.54) is 13.2 Å². The van der Waals surface area contributed by atoms with Crippen molar-refractivity contribution in [3.63, 3.8) is 0 Å². The lowest BCUT2D eigenvalue weighted by Crippen LogP contribution is -2.27. The minimum Gasteiger partial charge on any atom is -0.493 e. The van der Waals surface area contributed by atoms with E-state index >= 15 is 0 Å². The third-order valence-electron chi connectivity index (χ3n) is 4.35. The van der Waals surface area contributed by atoms with Crippen molar-refractivity contribution in [2.75, 3.05) is 7.11 Å². The monoisotopic (exact) mass is 437 g/mol. The molecule has 0 heterocycles. The van der Waals surface area contributed by atoms with Gasteiger partial charge in [0.25, 0.3) is 5.91 Å². The van der Waals surface area contributed by atoms with Crippen molar-refractivity contribution in [2.24, 2.45) is 0 Å². The molecule has 0 radical (unpaired) electrons. The maximum Gasteiger partial charge on any atom is 0.352 e. The van der Waals surface area contributed by atoms with Gasteiger partial charge in [0.1, 0.15) is 12.3 Å². The summed E-state index contributed by atoms with van der Waals surface area (Å²) in [6.45, 7) is 0.249. The zero-order valence-electron chi connectivity index (χ0n) is 16.7. The molecule has 31 heavy (non-hydrogen) atoms. The Morgan fingerprint density at radius 2 is 1.71 bits per heavy atom. The van der Waals surface area contributed by atoms with Gasteiger partial charge in [-0.3, -0.25) is 4.79 Å². The van der Waals surface area contributed by atoms with E-state index in [0.717, 1.165) is 5.56 Å².